The van der Waals surface area contributed by atoms with Gasteiger partial charge in [-0.15, -0.1) is 0 Å². The molecule has 0 aliphatic rings. The third kappa shape index (κ3) is 2.68. The Balaban J connectivity index is 2.23. The van der Waals surface area contributed by atoms with Crippen LogP contribution >= 0.6 is 0 Å². The van der Waals surface area contributed by atoms with E-state index in [1.165, 1.54) is 5.56 Å². The predicted molar refractivity (Wildman–Crippen MR) is 76.1 cm³/mol. The highest BCUT2D eigenvalue weighted by Crippen LogP contribution is 2.22. The maximum Gasteiger partial charge on any atom is 0.132 e. The largest absolute Gasteiger partial charge is 0.329 e. The van der Waals surface area contributed by atoms with Crippen LogP contribution in [0.4, 0.5) is 11.5 Å². The van der Waals surface area contributed by atoms with Gasteiger partial charge in [-0.05, 0) is 37.6 Å². The van der Waals surface area contributed by atoms with Gasteiger partial charge < -0.3 is 10.6 Å². The van der Waals surface area contributed by atoms with Gasteiger partial charge in [0.25, 0.3) is 0 Å². The zero-order valence-corrected chi connectivity index (χ0v) is 11.1. The fourth-order valence-electron chi connectivity index (χ4n) is 1.77. The number of nitrogens with zero attached hydrogens (tertiary/aromatic N) is 2. The van der Waals surface area contributed by atoms with Gasteiger partial charge >= 0.3 is 0 Å². The maximum atomic E-state index is 5.81. The summed E-state index contributed by atoms with van der Waals surface area (Å²) in [7, 11) is 2.01. The van der Waals surface area contributed by atoms with Gasteiger partial charge in [0.1, 0.15) is 5.82 Å². The van der Waals surface area contributed by atoms with Crippen molar-refractivity contribution in [3.8, 4) is 0 Å². The summed E-state index contributed by atoms with van der Waals surface area (Å²) in [6.45, 7) is 4.04. The molecule has 0 amide bonds. The summed E-state index contributed by atoms with van der Waals surface area (Å²) < 4.78 is 0. The van der Waals surface area contributed by atoms with E-state index >= 15 is 0 Å². The SMILES string of the molecule is Cc1ccc(N(C)c2ccc(C(C)N)cn2)cc1. The van der Waals surface area contributed by atoms with Gasteiger partial charge in [-0.2, -0.15) is 0 Å². The highest BCUT2D eigenvalue weighted by atomic mass is 15.2. The lowest BCUT2D eigenvalue weighted by molar-refractivity contribution is 0.811. The van der Waals surface area contributed by atoms with Gasteiger partial charge in [-0.1, -0.05) is 23.8 Å². The first-order valence-corrected chi connectivity index (χ1v) is 6.10. The minimum Gasteiger partial charge on any atom is -0.329 e. The van der Waals surface area contributed by atoms with Crippen molar-refractivity contribution in [2.45, 2.75) is 19.9 Å². The van der Waals surface area contributed by atoms with Crippen LogP contribution in [0.3, 0.4) is 0 Å². The second-order valence-corrected chi connectivity index (χ2v) is 4.63. The second kappa shape index (κ2) is 5.19. The molecule has 3 heteroatoms. The lowest BCUT2D eigenvalue weighted by atomic mass is 10.1. The molecular weight excluding hydrogens is 222 g/mol. The Morgan fingerprint density at radius 3 is 2.28 bits per heavy atom. The number of pyridine rings is 1. The summed E-state index contributed by atoms with van der Waals surface area (Å²) in [6, 6.07) is 12.4. The molecular formula is C15H19N3. The Bertz CT molecular complexity index is 500. The Labute approximate surface area is 108 Å². The molecule has 0 spiro atoms. The number of anilines is 2. The van der Waals surface area contributed by atoms with Gasteiger partial charge in [0.05, 0.1) is 0 Å². The number of aryl methyl sites for hydroxylation is 1. The fraction of sp³-hybridized carbons (Fsp3) is 0.267. The van der Waals surface area contributed by atoms with E-state index in [2.05, 4.69) is 41.1 Å². The van der Waals surface area contributed by atoms with E-state index in [9.17, 15) is 0 Å². The molecule has 18 heavy (non-hydrogen) atoms. The van der Waals surface area contributed by atoms with Gasteiger partial charge in [0.15, 0.2) is 0 Å². The fourth-order valence-corrected chi connectivity index (χ4v) is 1.77. The van der Waals surface area contributed by atoms with Crippen LogP contribution in [0, 0.1) is 6.92 Å². The average Bonchev–Trinajstić information content (AvgIpc) is 2.39. The Kier molecular flexibility index (Phi) is 3.63. The monoisotopic (exact) mass is 241 g/mol. The molecule has 94 valence electrons. The van der Waals surface area contributed by atoms with Gasteiger partial charge in [-0.3, -0.25) is 0 Å². The normalized spacial score (nSPS) is 12.2. The highest BCUT2D eigenvalue weighted by Gasteiger charge is 2.06. The molecule has 1 atom stereocenters. The number of benzene rings is 1. The zero-order chi connectivity index (χ0) is 13.1. The van der Waals surface area contributed by atoms with E-state index < -0.39 is 0 Å². The highest BCUT2D eigenvalue weighted by molar-refractivity contribution is 5.59. The molecule has 3 nitrogen and oxygen atoms in total. The Hall–Kier alpha value is -1.87. The van der Waals surface area contributed by atoms with Crippen molar-refractivity contribution in [3.63, 3.8) is 0 Å². The first-order chi connectivity index (χ1) is 8.58. The number of hydrogen-bond donors (Lipinski definition) is 1. The molecule has 0 saturated carbocycles. The van der Waals surface area contributed by atoms with Gasteiger partial charge in [-0.25, -0.2) is 4.98 Å². The topological polar surface area (TPSA) is 42.1 Å². The van der Waals surface area contributed by atoms with Crippen LogP contribution in [-0.4, -0.2) is 12.0 Å². The number of aromatic nitrogens is 1. The summed E-state index contributed by atoms with van der Waals surface area (Å²) in [4.78, 5) is 6.50. The van der Waals surface area contributed by atoms with E-state index in [0.717, 1.165) is 17.1 Å². The molecule has 0 aliphatic carbocycles. The molecule has 0 fully saturated rings. The van der Waals surface area contributed by atoms with Crippen molar-refractivity contribution in [3.05, 3.63) is 53.7 Å². The molecule has 0 radical (unpaired) electrons. The number of hydrogen-bond acceptors (Lipinski definition) is 3. The van der Waals surface area contributed by atoms with Crippen LogP contribution in [0.1, 0.15) is 24.1 Å². The molecule has 0 aliphatic heterocycles. The van der Waals surface area contributed by atoms with Crippen molar-refractivity contribution in [2.24, 2.45) is 5.73 Å². The van der Waals surface area contributed by atoms with E-state index in [4.69, 9.17) is 5.73 Å². The smallest absolute Gasteiger partial charge is 0.132 e. The molecule has 2 rings (SSSR count). The van der Waals surface area contributed by atoms with Gasteiger partial charge in [0, 0.05) is 25.0 Å². The average molecular weight is 241 g/mol. The summed E-state index contributed by atoms with van der Waals surface area (Å²) in [6.07, 6.45) is 1.84. The zero-order valence-electron chi connectivity index (χ0n) is 11.1. The van der Waals surface area contributed by atoms with Crippen LogP contribution in [0.25, 0.3) is 0 Å². The third-order valence-corrected chi connectivity index (χ3v) is 3.06. The summed E-state index contributed by atoms with van der Waals surface area (Å²) in [5.41, 5.74) is 9.25. The van der Waals surface area contributed by atoms with Crippen LogP contribution in [0.15, 0.2) is 42.6 Å². The van der Waals surface area contributed by atoms with Crippen molar-refractivity contribution in [1.82, 2.24) is 4.98 Å². The van der Waals surface area contributed by atoms with Crippen molar-refractivity contribution in [2.75, 3.05) is 11.9 Å². The van der Waals surface area contributed by atoms with Crippen LogP contribution in [0.5, 0.6) is 0 Å². The summed E-state index contributed by atoms with van der Waals surface area (Å²) in [5.74, 6) is 0.920. The standard InChI is InChI=1S/C15H19N3/c1-11-4-7-14(8-5-11)18(3)15-9-6-13(10-17-15)12(2)16/h4-10,12H,16H2,1-3H3. The lowest BCUT2D eigenvalue weighted by Crippen LogP contribution is -2.12. The van der Waals surface area contributed by atoms with Gasteiger partial charge in [0.2, 0.25) is 0 Å². The first kappa shape index (κ1) is 12.6. The predicted octanol–water partition coefficient (Wildman–Crippen LogP) is 3.18. The Morgan fingerprint density at radius 2 is 1.78 bits per heavy atom. The lowest BCUT2D eigenvalue weighted by Gasteiger charge is -2.19. The minimum absolute atomic E-state index is 0.0243. The number of rotatable bonds is 3. The van der Waals surface area contributed by atoms with E-state index in [1.54, 1.807) is 0 Å². The summed E-state index contributed by atoms with van der Waals surface area (Å²) >= 11 is 0. The Morgan fingerprint density at radius 1 is 1.11 bits per heavy atom. The second-order valence-electron chi connectivity index (χ2n) is 4.63. The molecule has 1 aromatic heterocycles. The van der Waals surface area contributed by atoms with Crippen LogP contribution < -0.4 is 10.6 Å². The van der Waals surface area contributed by atoms with E-state index in [-0.39, 0.29) is 6.04 Å². The molecule has 2 aromatic rings. The van der Waals surface area contributed by atoms with Crippen LogP contribution in [-0.2, 0) is 0 Å². The van der Waals surface area contributed by atoms with E-state index in [1.807, 2.05) is 32.3 Å². The molecule has 1 heterocycles. The minimum atomic E-state index is 0.0243. The van der Waals surface area contributed by atoms with E-state index in [0.29, 0.717) is 0 Å². The molecule has 1 aromatic carbocycles. The van der Waals surface area contributed by atoms with Crippen molar-refractivity contribution < 1.29 is 0 Å². The quantitative estimate of drug-likeness (QED) is 0.897. The van der Waals surface area contributed by atoms with Crippen molar-refractivity contribution >= 4 is 11.5 Å². The first-order valence-electron chi connectivity index (χ1n) is 6.10. The van der Waals surface area contributed by atoms with Crippen LogP contribution in [0.2, 0.25) is 0 Å². The summed E-state index contributed by atoms with van der Waals surface area (Å²) in [5, 5.41) is 0. The van der Waals surface area contributed by atoms with Crippen molar-refractivity contribution in [1.29, 1.82) is 0 Å². The molecule has 2 N–H and O–H groups in total. The molecule has 0 bridgehead atoms. The number of nitrogens with two attached hydrogens (primary N) is 1. The maximum absolute atomic E-state index is 5.81. The third-order valence-electron chi connectivity index (χ3n) is 3.06. The molecule has 1 unspecified atom stereocenters. The molecule has 0 saturated heterocycles.